The van der Waals surface area contributed by atoms with Crippen molar-refractivity contribution in [2.75, 3.05) is 6.54 Å². The zero-order valence-corrected chi connectivity index (χ0v) is 18.1. The third-order valence-corrected chi connectivity index (χ3v) is 5.98. The molecular weight excluding hydrogens is 459 g/mol. The van der Waals surface area contributed by atoms with Crippen molar-refractivity contribution in [1.29, 1.82) is 0 Å². The van der Waals surface area contributed by atoms with Crippen LogP contribution in [0.5, 0.6) is 0 Å². The van der Waals surface area contributed by atoms with E-state index in [4.69, 9.17) is 0 Å². The van der Waals surface area contributed by atoms with E-state index in [2.05, 4.69) is 20.2 Å². The number of carbonyl (C=O) groups excluding carboxylic acids is 1. The highest BCUT2D eigenvalue weighted by molar-refractivity contribution is 5.98. The number of aromatic nitrogens is 5. The molecule has 0 saturated carbocycles. The van der Waals surface area contributed by atoms with Gasteiger partial charge in [0.2, 0.25) is 0 Å². The lowest BCUT2D eigenvalue weighted by Gasteiger charge is -2.40. The largest absolute Gasteiger partial charge is 0.419 e. The minimum Gasteiger partial charge on any atom is -0.335 e. The number of halogens is 5. The lowest BCUT2D eigenvalue weighted by atomic mass is 9.87. The predicted octanol–water partition coefficient (Wildman–Crippen LogP) is 4.23. The van der Waals surface area contributed by atoms with Crippen molar-refractivity contribution in [2.45, 2.75) is 44.8 Å². The quantitative estimate of drug-likeness (QED) is 0.511. The Bertz CT molecular complexity index is 1150. The van der Waals surface area contributed by atoms with Crippen LogP contribution in [0.25, 0.3) is 5.69 Å². The molecule has 1 fully saturated rings. The number of carbonyl (C=O) groups is 1. The number of benzene rings is 1. The summed E-state index contributed by atoms with van der Waals surface area (Å²) in [4.78, 5) is 23.8. The third-order valence-electron chi connectivity index (χ3n) is 5.98. The van der Waals surface area contributed by atoms with Crippen LogP contribution in [-0.4, -0.2) is 48.4 Å². The molecule has 0 bridgehead atoms. The second-order valence-corrected chi connectivity index (χ2v) is 8.21. The molecule has 0 radical (unpaired) electrons. The molecule has 1 aliphatic rings. The zero-order chi connectivity index (χ0) is 24.5. The van der Waals surface area contributed by atoms with Crippen molar-refractivity contribution >= 4 is 5.91 Å². The fraction of sp³-hybridized carbons (Fsp3) is 0.409. The summed E-state index contributed by atoms with van der Waals surface area (Å²) >= 11 is 0. The monoisotopic (exact) mass is 480 g/mol. The van der Waals surface area contributed by atoms with E-state index in [-0.39, 0.29) is 35.5 Å². The highest BCUT2D eigenvalue weighted by Gasteiger charge is 2.35. The molecule has 1 aliphatic heterocycles. The van der Waals surface area contributed by atoms with Gasteiger partial charge >= 0.3 is 6.18 Å². The summed E-state index contributed by atoms with van der Waals surface area (Å²) in [5.41, 5.74) is -1.01. The van der Waals surface area contributed by atoms with Crippen molar-refractivity contribution in [3.8, 4) is 5.69 Å². The van der Waals surface area contributed by atoms with Gasteiger partial charge in [-0.2, -0.15) is 28.2 Å². The number of alkyl halides is 3. The Morgan fingerprint density at radius 2 is 1.74 bits per heavy atom. The van der Waals surface area contributed by atoms with Crippen molar-refractivity contribution in [3.63, 3.8) is 0 Å². The Morgan fingerprint density at radius 3 is 2.38 bits per heavy atom. The lowest BCUT2D eigenvalue weighted by molar-refractivity contribution is -0.138. The van der Waals surface area contributed by atoms with Crippen LogP contribution in [-0.2, 0) is 12.6 Å². The molecule has 2 atom stereocenters. The summed E-state index contributed by atoms with van der Waals surface area (Å²) in [5, 5.41) is 7.86. The Labute approximate surface area is 191 Å². The molecule has 3 aromatic rings. The summed E-state index contributed by atoms with van der Waals surface area (Å²) in [6, 6.07) is 1.42. The van der Waals surface area contributed by atoms with Gasteiger partial charge in [0.05, 0.1) is 23.5 Å². The van der Waals surface area contributed by atoms with E-state index in [0.717, 1.165) is 42.2 Å². The first-order valence-corrected chi connectivity index (χ1v) is 10.7. The lowest BCUT2D eigenvalue weighted by Crippen LogP contribution is -2.48. The summed E-state index contributed by atoms with van der Waals surface area (Å²) in [6.45, 7) is 2.37. The molecule has 3 heterocycles. The van der Waals surface area contributed by atoms with Gasteiger partial charge in [-0.15, -0.1) is 0 Å². The van der Waals surface area contributed by atoms with Crippen LogP contribution in [0.3, 0.4) is 0 Å². The Hall–Kier alpha value is -3.44. The van der Waals surface area contributed by atoms with Crippen LogP contribution < -0.4 is 0 Å². The molecule has 1 amide bonds. The maximum Gasteiger partial charge on any atom is 0.419 e. The van der Waals surface area contributed by atoms with Gasteiger partial charge in [-0.25, -0.2) is 18.7 Å². The molecule has 0 unspecified atom stereocenters. The molecule has 0 N–H and O–H groups in total. The molecule has 12 heteroatoms. The number of likely N-dealkylation sites (tertiary alicyclic amines) is 1. The highest BCUT2D eigenvalue weighted by Crippen LogP contribution is 2.31. The number of rotatable bonds is 5. The van der Waals surface area contributed by atoms with Gasteiger partial charge in [0, 0.05) is 37.5 Å². The van der Waals surface area contributed by atoms with E-state index in [1.807, 2.05) is 6.92 Å². The van der Waals surface area contributed by atoms with Gasteiger partial charge in [-0.1, -0.05) is 6.92 Å². The first-order chi connectivity index (χ1) is 16.1. The summed E-state index contributed by atoms with van der Waals surface area (Å²) in [5.74, 6) is -2.50. The van der Waals surface area contributed by atoms with Crippen LogP contribution in [0.4, 0.5) is 22.0 Å². The summed E-state index contributed by atoms with van der Waals surface area (Å²) < 4.78 is 66.3. The van der Waals surface area contributed by atoms with Gasteiger partial charge in [-0.3, -0.25) is 4.79 Å². The molecule has 1 saturated heterocycles. The maximum absolute atomic E-state index is 14.1. The van der Waals surface area contributed by atoms with E-state index in [1.165, 1.54) is 12.4 Å². The normalized spacial score (nSPS) is 18.8. The van der Waals surface area contributed by atoms with Gasteiger partial charge < -0.3 is 4.90 Å². The standard InChI is InChI=1S/C22H21F5N6O/c1-13-3-2-8-32(18(13)4-5-20-28-11-14(12-29-20)22(25,26)27)21(34)15-9-16(23)17(24)10-19(15)33-30-6-7-31-33/h6-7,9-13,18H,2-5,8H2,1H3/t13-,18-/m1/s1. The molecule has 2 aromatic heterocycles. The fourth-order valence-corrected chi connectivity index (χ4v) is 4.22. The number of amides is 1. The molecule has 34 heavy (non-hydrogen) atoms. The van der Waals surface area contributed by atoms with E-state index in [1.54, 1.807) is 4.90 Å². The van der Waals surface area contributed by atoms with Crippen LogP contribution in [0.1, 0.15) is 47.9 Å². The Balaban J connectivity index is 1.58. The van der Waals surface area contributed by atoms with E-state index >= 15 is 0 Å². The van der Waals surface area contributed by atoms with Crippen LogP contribution >= 0.6 is 0 Å². The molecule has 0 spiro atoms. The molecule has 180 valence electrons. The maximum atomic E-state index is 14.1. The number of hydrogen-bond acceptors (Lipinski definition) is 5. The smallest absolute Gasteiger partial charge is 0.335 e. The number of hydrogen-bond donors (Lipinski definition) is 0. The summed E-state index contributed by atoms with van der Waals surface area (Å²) in [7, 11) is 0. The van der Waals surface area contributed by atoms with Crippen molar-refractivity contribution < 1.29 is 26.7 Å². The first kappa shape index (κ1) is 23.7. The first-order valence-electron chi connectivity index (χ1n) is 10.7. The highest BCUT2D eigenvalue weighted by atomic mass is 19.4. The van der Waals surface area contributed by atoms with Crippen LogP contribution in [0, 0.1) is 17.6 Å². The Kier molecular flexibility index (Phi) is 6.58. The minimum absolute atomic E-state index is 0.0111. The molecule has 4 rings (SSSR count). The molecule has 7 nitrogen and oxygen atoms in total. The average Bonchev–Trinajstić information content (AvgIpc) is 3.34. The van der Waals surface area contributed by atoms with Crippen molar-refractivity contribution in [2.24, 2.45) is 5.92 Å². The third kappa shape index (κ3) is 4.90. The second kappa shape index (κ2) is 9.43. The van der Waals surface area contributed by atoms with Crippen molar-refractivity contribution in [1.82, 2.24) is 29.9 Å². The Morgan fingerprint density at radius 1 is 1.09 bits per heavy atom. The van der Waals surface area contributed by atoms with Gasteiger partial charge in [0.25, 0.3) is 5.91 Å². The molecule has 0 aliphatic carbocycles. The second-order valence-electron chi connectivity index (χ2n) is 8.21. The van der Waals surface area contributed by atoms with Gasteiger partial charge in [0.1, 0.15) is 11.5 Å². The van der Waals surface area contributed by atoms with Crippen LogP contribution in [0.2, 0.25) is 0 Å². The van der Waals surface area contributed by atoms with Gasteiger partial charge in [-0.05, 0) is 31.2 Å². The zero-order valence-electron chi connectivity index (χ0n) is 18.1. The van der Waals surface area contributed by atoms with E-state index in [0.29, 0.717) is 13.0 Å². The van der Waals surface area contributed by atoms with Gasteiger partial charge in [0.15, 0.2) is 11.6 Å². The molecular formula is C22H21F5N6O. The topological polar surface area (TPSA) is 76.8 Å². The minimum atomic E-state index is -4.52. The average molecular weight is 480 g/mol. The molecule has 1 aromatic carbocycles. The summed E-state index contributed by atoms with van der Waals surface area (Å²) in [6.07, 6.45) is 1.87. The number of aryl methyl sites for hydroxylation is 1. The van der Waals surface area contributed by atoms with E-state index < -0.39 is 29.3 Å². The predicted molar refractivity (Wildman–Crippen MR) is 110 cm³/mol. The van der Waals surface area contributed by atoms with Crippen LogP contribution in [0.15, 0.2) is 36.9 Å². The fourth-order valence-electron chi connectivity index (χ4n) is 4.22. The van der Waals surface area contributed by atoms with Crippen molar-refractivity contribution in [3.05, 3.63) is 65.5 Å². The number of nitrogens with zero attached hydrogens (tertiary/aromatic N) is 6. The SMILES string of the molecule is C[C@@H]1CCCN(C(=O)c2cc(F)c(F)cc2-n2nccn2)[C@@H]1CCc1ncc(C(F)(F)F)cn1. The van der Waals surface area contributed by atoms with E-state index in [9.17, 15) is 26.7 Å². The number of piperidine rings is 1.